The van der Waals surface area contributed by atoms with E-state index in [1.165, 1.54) is 19.3 Å². The van der Waals surface area contributed by atoms with E-state index in [4.69, 9.17) is 21.4 Å². The van der Waals surface area contributed by atoms with E-state index in [2.05, 4.69) is 34.4 Å². The second-order valence-corrected chi connectivity index (χ2v) is 5.69. The molecule has 0 spiro atoms. The van der Waals surface area contributed by atoms with Crippen LogP contribution in [0.2, 0.25) is 0 Å². The summed E-state index contributed by atoms with van der Waals surface area (Å²) in [6.45, 7) is 0.344. The van der Waals surface area contributed by atoms with Crippen molar-refractivity contribution in [3.05, 3.63) is 64.7 Å². The molecule has 0 amide bonds. The molecule has 0 atom stereocenters. The third kappa shape index (κ3) is 3.48. The lowest BCUT2D eigenvalue weighted by Crippen LogP contribution is -2.19. The normalized spacial score (nSPS) is 15.3. The van der Waals surface area contributed by atoms with Crippen molar-refractivity contribution in [1.82, 2.24) is 0 Å². The first-order valence-electron chi connectivity index (χ1n) is 7.82. The largest absolute Gasteiger partial charge is 0.460 e. The van der Waals surface area contributed by atoms with Crippen molar-refractivity contribution in [2.24, 2.45) is 21.6 Å². The molecular weight excluding hydrogens is 304 g/mol. The van der Waals surface area contributed by atoms with Crippen molar-refractivity contribution in [1.29, 1.82) is 0 Å². The van der Waals surface area contributed by atoms with Gasteiger partial charge >= 0.3 is 0 Å². The molecule has 1 heterocycles. The van der Waals surface area contributed by atoms with E-state index in [1.807, 2.05) is 0 Å². The van der Waals surface area contributed by atoms with Gasteiger partial charge in [-0.2, -0.15) is 4.99 Å². The molecule has 124 valence electrons. The van der Waals surface area contributed by atoms with E-state index in [1.54, 1.807) is 29.3 Å². The molecule has 0 saturated carbocycles. The molecule has 2 aromatic carbocycles. The monoisotopic (exact) mass is 324 g/mol. The van der Waals surface area contributed by atoms with Gasteiger partial charge in [0.25, 0.3) is 6.02 Å². The Kier molecular flexibility index (Phi) is 4.65. The lowest BCUT2D eigenvalue weighted by Gasteiger charge is -2.14. The number of oxime groups is 1. The van der Waals surface area contributed by atoms with Crippen LogP contribution in [0.15, 0.2) is 52.6 Å². The van der Waals surface area contributed by atoms with Crippen LogP contribution in [0.25, 0.3) is 0 Å². The van der Waals surface area contributed by atoms with Crippen LogP contribution >= 0.6 is 0 Å². The van der Waals surface area contributed by atoms with Gasteiger partial charge in [0, 0.05) is 11.1 Å². The van der Waals surface area contributed by atoms with Gasteiger partial charge in [-0.3, -0.25) is 0 Å². The van der Waals surface area contributed by atoms with Crippen molar-refractivity contribution in [2.45, 2.75) is 25.9 Å². The maximum atomic E-state index is 8.52. The molecule has 5 N–H and O–H groups in total. The molecule has 0 unspecified atom stereocenters. The number of rotatable bonds is 1. The van der Waals surface area contributed by atoms with Gasteiger partial charge in [-0.05, 0) is 48.6 Å². The number of amidine groups is 2. The highest BCUT2D eigenvalue weighted by Gasteiger charge is 2.12. The number of fused-ring (bicyclic) bond motifs is 2. The third-order valence-electron chi connectivity index (χ3n) is 4.10. The van der Waals surface area contributed by atoms with Crippen LogP contribution in [0.3, 0.4) is 0 Å². The maximum absolute atomic E-state index is 8.52. The molecule has 0 radical (unpaired) electrons. The molecule has 2 aliphatic rings. The number of hydrogen-bond acceptors (Lipinski definition) is 5. The molecule has 1 aliphatic heterocycles. The van der Waals surface area contributed by atoms with E-state index in [0.29, 0.717) is 12.2 Å². The zero-order valence-electron chi connectivity index (χ0n) is 13.3. The zero-order valence-corrected chi connectivity index (χ0v) is 13.3. The molecule has 0 aromatic heterocycles. The van der Waals surface area contributed by atoms with Crippen LogP contribution in [0.5, 0.6) is 0 Å². The van der Waals surface area contributed by atoms with Crippen molar-refractivity contribution in [3.63, 3.8) is 0 Å². The Bertz CT molecular complexity index is 776. The standard InChI is InChI=1S/C9H10N4O2.C9H10/c10-8(13-14)5-1-2-7-6(3-5)4-15-9(11)12-7;1-2-5-9-7-3-6-8(9)4-1/h1-3,14H,4H2,(H2,10,13)(H2,11,12);1-2,4-5H,3,6-7H2. The average Bonchev–Trinajstić information content (AvgIpc) is 3.10. The molecule has 1 aliphatic carbocycles. The Morgan fingerprint density at radius 1 is 1.08 bits per heavy atom. The van der Waals surface area contributed by atoms with Crippen LogP contribution in [-0.2, 0) is 24.2 Å². The highest BCUT2D eigenvalue weighted by atomic mass is 16.5. The first-order chi connectivity index (χ1) is 11.7. The molecule has 0 saturated heterocycles. The van der Waals surface area contributed by atoms with E-state index < -0.39 is 0 Å². The van der Waals surface area contributed by atoms with E-state index in [0.717, 1.165) is 11.3 Å². The molecule has 6 heteroatoms. The second-order valence-electron chi connectivity index (χ2n) is 5.69. The minimum absolute atomic E-state index is 0.0559. The van der Waals surface area contributed by atoms with Gasteiger partial charge in [-0.1, -0.05) is 29.4 Å². The fraction of sp³-hybridized carbons (Fsp3) is 0.222. The van der Waals surface area contributed by atoms with Crippen LogP contribution in [0, 0.1) is 0 Å². The Morgan fingerprint density at radius 3 is 2.46 bits per heavy atom. The predicted octanol–water partition coefficient (Wildman–Crippen LogP) is 2.43. The fourth-order valence-corrected chi connectivity index (χ4v) is 2.84. The molecule has 4 rings (SSSR count). The van der Waals surface area contributed by atoms with E-state index in [-0.39, 0.29) is 11.9 Å². The lowest BCUT2D eigenvalue weighted by molar-refractivity contribution is 0.282. The summed E-state index contributed by atoms with van der Waals surface area (Å²) < 4.78 is 5.06. The summed E-state index contributed by atoms with van der Waals surface area (Å²) in [5.74, 6) is 0.0559. The topological polar surface area (TPSA) is 106 Å². The third-order valence-corrected chi connectivity index (χ3v) is 4.10. The van der Waals surface area contributed by atoms with E-state index in [9.17, 15) is 0 Å². The first kappa shape index (κ1) is 15.9. The van der Waals surface area contributed by atoms with Crippen molar-refractivity contribution in [3.8, 4) is 0 Å². The summed E-state index contributed by atoms with van der Waals surface area (Å²) in [6, 6.07) is 14.1. The Labute approximate surface area is 140 Å². The molecule has 24 heavy (non-hydrogen) atoms. The van der Waals surface area contributed by atoms with Crippen molar-refractivity contribution in [2.75, 3.05) is 0 Å². The van der Waals surface area contributed by atoms with Gasteiger partial charge in [-0.25, -0.2) is 0 Å². The van der Waals surface area contributed by atoms with Gasteiger partial charge < -0.3 is 21.4 Å². The number of aryl methyl sites for hydroxylation is 2. The number of nitrogens with zero attached hydrogens (tertiary/aromatic N) is 2. The fourth-order valence-electron chi connectivity index (χ4n) is 2.84. The van der Waals surface area contributed by atoms with Crippen LogP contribution in [0.4, 0.5) is 5.69 Å². The van der Waals surface area contributed by atoms with E-state index >= 15 is 0 Å². The number of benzene rings is 2. The molecule has 0 bridgehead atoms. The number of ether oxygens (including phenoxy) is 1. The van der Waals surface area contributed by atoms with Gasteiger partial charge in [-0.15, -0.1) is 0 Å². The summed E-state index contributed by atoms with van der Waals surface area (Å²) in [5, 5.41) is 11.4. The summed E-state index contributed by atoms with van der Waals surface area (Å²) in [7, 11) is 0. The quantitative estimate of drug-likeness (QED) is 0.324. The SMILES string of the molecule is NC1=Nc2ccc(/C(N)=N\O)cc2CO1.c1ccc2c(c1)CCC2. The van der Waals surface area contributed by atoms with Crippen LogP contribution in [0.1, 0.15) is 28.7 Å². The number of aliphatic imine (C=N–C) groups is 1. The summed E-state index contributed by atoms with van der Waals surface area (Å²) >= 11 is 0. The van der Waals surface area contributed by atoms with Gasteiger partial charge in [0.05, 0.1) is 5.69 Å². The first-order valence-corrected chi connectivity index (χ1v) is 7.82. The maximum Gasteiger partial charge on any atom is 0.287 e. The molecule has 0 fully saturated rings. The average molecular weight is 324 g/mol. The van der Waals surface area contributed by atoms with Gasteiger partial charge in [0.1, 0.15) is 6.61 Å². The highest BCUT2D eigenvalue weighted by Crippen LogP contribution is 2.24. The molecular formula is C18H20N4O2. The second kappa shape index (κ2) is 7.04. The van der Waals surface area contributed by atoms with Crippen molar-refractivity contribution < 1.29 is 9.94 Å². The minimum atomic E-state index is 0.0559. The van der Waals surface area contributed by atoms with Crippen molar-refractivity contribution >= 4 is 17.5 Å². The summed E-state index contributed by atoms with van der Waals surface area (Å²) in [6.07, 6.45) is 3.96. The Balaban J connectivity index is 0.000000159. The zero-order chi connectivity index (χ0) is 16.9. The minimum Gasteiger partial charge on any atom is -0.460 e. The summed E-state index contributed by atoms with van der Waals surface area (Å²) in [4.78, 5) is 4.00. The Morgan fingerprint density at radius 2 is 1.79 bits per heavy atom. The highest BCUT2D eigenvalue weighted by molar-refractivity contribution is 5.97. The molecule has 2 aromatic rings. The van der Waals surface area contributed by atoms with Gasteiger partial charge in [0.15, 0.2) is 5.84 Å². The van der Waals surface area contributed by atoms with Crippen LogP contribution in [-0.4, -0.2) is 17.1 Å². The lowest BCUT2D eigenvalue weighted by atomic mass is 10.1. The van der Waals surface area contributed by atoms with Gasteiger partial charge in [0.2, 0.25) is 0 Å². The molecule has 6 nitrogen and oxygen atoms in total. The van der Waals surface area contributed by atoms with Crippen LogP contribution < -0.4 is 11.5 Å². The summed E-state index contributed by atoms with van der Waals surface area (Å²) in [5.41, 5.74) is 16.2. The smallest absolute Gasteiger partial charge is 0.287 e. The number of nitrogens with two attached hydrogens (primary N) is 2. The predicted molar refractivity (Wildman–Crippen MR) is 93.5 cm³/mol. The Hall–Kier alpha value is -3.02. The number of hydrogen-bond donors (Lipinski definition) is 3.